The number of para-hydroxylation sites is 2. The van der Waals surface area contributed by atoms with Crippen LogP contribution < -0.4 is 19.9 Å². The van der Waals surface area contributed by atoms with E-state index in [1.165, 1.54) is 0 Å². The van der Waals surface area contributed by atoms with Crippen LogP contribution >= 0.6 is 11.6 Å². The van der Waals surface area contributed by atoms with Crippen LogP contribution in [0.3, 0.4) is 0 Å². The zero-order valence-electron chi connectivity index (χ0n) is 22.3. The van der Waals surface area contributed by atoms with Crippen molar-refractivity contribution < 1.29 is 24.1 Å². The largest absolute Gasteiger partial charge is 0.497 e. The van der Waals surface area contributed by atoms with Crippen LogP contribution in [0.5, 0.6) is 23.0 Å². The lowest BCUT2D eigenvalue weighted by atomic mass is 10.1. The molecule has 0 unspecified atom stereocenters. The van der Waals surface area contributed by atoms with Gasteiger partial charge >= 0.3 is 5.97 Å². The lowest BCUT2D eigenvalue weighted by Gasteiger charge is -2.25. The van der Waals surface area contributed by atoms with Gasteiger partial charge in [0.1, 0.15) is 35.6 Å². The molecule has 0 aliphatic carbocycles. The maximum atomic E-state index is 11.4. The molecule has 0 saturated heterocycles. The van der Waals surface area contributed by atoms with Crippen molar-refractivity contribution in [2.24, 2.45) is 5.73 Å². The first kappa shape index (κ1) is 29.0. The fourth-order valence-corrected chi connectivity index (χ4v) is 4.31. The molecular formula is C32H33ClN2O5. The number of nitrogens with zero attached hydrogens (tertiary/aromatic N) is 1. The van der Waals surface area contributed by atoms with Gasteiger partial charge in [0.2, 0.25) is 0 Å². The number of methoxy groups -OCH3 is 1. The Balaban J connectivity index is 1.54. The molecule has 4 rings (SSSR count). The van der Waals surface area contributed by atoms with Gasteiger partial charge in [-0.1, -0.05) is 66.2 Å². The van der Waals surface area contributed by atoms with E-state index in [4.69, 9.17) is 31.5 Å². The summed E-state index contributed by atoms with van der Waals surface area (Å²) in [6, 6.07) is 29.7. The van der Waals surface area contributed by atoms with E-state index in [9.17, 15) is 9.90 Å². The Morgan fingerprint density at radius 3 is 2.17 bits per heavy atom. The van der Waals surface area contributed by atoms with E-state index in [1.807, 2.05) is 97.1 Å². The maximum absolute atomic E-state index is 11.4. The van der Waals surface area contributed by atoms with Gasteiger partial charge in [0.25, 0.3) is 0 Å². The SMILES string of the molecule is COc1cccc(Oc2ccccc2CN(CC[C@H](N)C(=O)O)Cc2ccccc2OCc2ccc(Cl)cc2)c1. The molecule has 0 saturated carbocycles. The predicted molar refractivity (Wildman–Crippen MR) is 156 cm³/mol. The van der Waals surface area contributed by atoms with Crippen molar-refractivity contribution in [1.82, 2.24) is 4.90 Å². The second-order valence-corrected chi connectivity index (χ2v) is 9.79. The number of hydrogen-bond acceptors (Lipinski definition) is 6. The van der Waals surface area contributed by atoms with Gasteiger partial charge in [-0.2, -0.15) is 0 Å². The first-order chi connectivity index (χ1) is 19.4. The summed E-state index contributed by atoms with van der Waals surface area (Å²) in [5.74, 6) is 1.80. The Labute approximate surface area is 239 Å². The third-order valence-corrected chi connectivity index (χ3v) is 6.64. The van der Waals surface area contributed by atoms with E-state index in [0.717, 1.165) is 22.4 Å². The first-order valence-corrected chi connectivity index (χ1v) is 13.3. The monoisotopic (exact) mass is 560 g/mol. The van der Waals surface area contributed by atoms with E-state index < -0.39 is 12.0 Å². The van der Waals surface area contributed by atoms with Gasteiger partial charge in [-0.3, -0.25) is 9.69 Å². The number of carboxylic acids is 1. The predicted octanol–water partition coefficient (Wildman–Crippen LogP) is 6.52. The van der Waals surface area contributed by atoms with Crippen LogP contribution in [-0.2, 0) is 24.5 Å². The molecule has 0 spiro atoms. The summed E-state index contributed by atoms with van der Waals surface area (Å²) in [6.07, 6.45) is 0.294. The van der Waals surface area contributed by atoms with Gasteiger partial charge in [-0.25, -0.2) is 0 Å². The quantitative estimate of drug-likeness (QED) is 0.181. The Kier molecular flexibility index (Phi) is 10.4. The Bertz CT molecular complexity index is 1400. The summed E-state index contributed by atoms with van der Waals surface area (Å²) in [5, 5.41) is 10.0. The van der Waals surface area contributed by atoms with Crippen LogP contribution in [0.1, 0.15) is 23.1 Å². The average molecular weight is 561 g/mol. The number of ether oxygens (including phenoxy) is 3. The maximum Gasteiger partial charge on any atom is 0.320 e. The molecule has 4 aromatic carbocycles. The summed E-state index contributed by atoms with van der Waals surface area (Å²) < 4.78 is 17.7. The fourth-order valence-electron chi connectivity index (χ4n) is 4.18. The fraction of sp³-hybridized carbons (Fsp3) is 0.219. The van der Waals surface area contributed by atoms with E-state index >= 15 is 0 Å². The molecule has 0 bridgehead atoms. The molecule has 0 aliphatic rings. The first-order valence-electron chi connectivity index (χ1n) is 13.0. The minimum absolute atomic E-state index is 0.294. The van der Waals surface area contributed by atoms with Crippen molar-refractivity contribution >= 4 is 17.6 Å². The zero-order chi connectivity index (χ0) is 28.3. The van der Waals surface area contributed by atoms with Crippen molar-refractivity contribution in [1.29, 1.82) is 0 Å². The topological polar surface area (TPSA) is 94.2 Å². The standard InChI is InChI=1S/C32H33ClN2O5/c1-38-27-9-6-10-28(19-27)40-31-12-5-3-8-25(31)21-35(18-17-29(34)32(36)37)20-24-7-2-4-11-30(24)39-22-23-13-15-26(33)16-14-23/h2-16,19,29H,17-18,20-22,34H2,1H3,(H,36,37)/t29-/m0/s1. The van der Waals surface area contributed by atoms with E-state index in [-0.39, 0.29) is 0 Å². The van der Waals surface area contributed by atoms with Crippen LogP contribution in [-0.4, -0.2) is 35.7 Å². The molecule has 208 valence electrons. The number of halogens is 1. The summed E-state index contributed by atoms with van der Waals surface area (Å²) in [5.41, 5.74) is 8.80. The highest BCUT2D eigenvalue weighted by Gasteiger charge is 2.18. The molecule has 4 aromatic rings. The van der Waals surface area contributed by atoms with Crippen molar-refractivity contribution in [2.75, 3.05) is 13.7 Å². The van der Waals surface area contributed by atoms with Crippen molar-refractivity contribution in [3.05, 3.63) is 119 Å². The lowest BCUT2D eigenvalue weighted by molar-refractivity contribution is -0.138. The van der Waals surface area contributed by atoms with Gasteiger partial charge < -0.3 is 25.1 Å². The number of hydrogen-bond donors (Lipinski definition) is 2. The van der Waals surface area contributed by atoms with Crippen molar-refractivity contribution in [3.8, 4) is 23.0 Å². The minimum atomic E-state index is -1.02. The number of nitrogens with two attached hydrogens (primary N) is 1. The molecule has 0 radical (unpaired) electrons. The third-order valence-electron chi connectivity index (χ3n) is 6.38. The molecule has 8 heteroatoms. The molecule has 0 aromatic heterocycles. The second-order valence-electron chi connectivity index (χ2n) is 9.36. The summed E-state index contributed by atoms with van der Waals surface area (Å²) in [7, 11) is 1.61. The molecule has 3 N–H and O–H groups in total. The van der Waals surface area contributed by atoms with Crippen molar-refractivity contribution in [3.63, 3.8) is 0 Å². The average Bonchev–Trinajstić information content (AvgIpc) is 2.97. The Hall–Kier alpha value is -4.04. The Morgan fingerprint density at radius 2 is 1.50 bits per heavy atom. The number of aliphatic carboxylic acids is 1. The number of carbonyl (C=O) groups is 1. The highest BCUT2D eigenvalue weighted by atomic mass is 35.5. The van der Waals surface area contributed by atoms with E-state index in [0.29, 0.717) is 54.9 Å². The van der Waals surface area contributed by atoms with Gasteiger partial charge in [-0.15, -0.1) is 0 Å². The van der Waals surface area contributed by atoms with Crippen LogP contribution in [0.4, 0.5) is 0 Å². The van der Waals surface area contributed by atoms with E-state index in [2.05, 4.69) is 4.90 Å². The number of benzene rings is 4. The Morgan fingerprint density at radius 1 is 0.875 bits per heavy atom. The summed E-state index contributed by atoms with van der Waals surface area (Å²) in [6.45, 7) is 1.90. The highest BCUT2D eigenvalue weighted by molar-refractivity contribution is 6.30. The van der Waals surface area contributed by atoms with Gasteiger partial charge in [-0.05, 0) is 48.4 Å². The molecule has 40 heavy (non-hydrogen) atoms. The van der Waals surface area contributed by atoms with Gasteiger partial charge in [0.05, 0.1) is 7.11 Å². The smallest absolute Gasteiger partial charge is 0.320 e. The summed E-state index contributed by atoms with van der Waals surface area (Å²) in [4.78, 5) is 13.6. The lowest BCUT2D eigenvalue weighted by Crippen LogP contribution is -2.35. The normalized spacial score (nSPS) is 11.7. The van der Waals surface area contributed by atoms with Crippen LogP contribution in [0.25, 0.3) is 0 Å². The molecule has 7 nitrogen and oxygen atoms in total. The van der Waals surface area contributed by atoms with Crippen LogP contribution in [0.15, 0.2) is 97.1 Å². The molecule has 0 aliphatic heterocycles. The molecular weight excluding hydrogens is 528 g/mol. The minimum Gasteiger partial charge on any atom is -0.497 e. The van der Waals surface area contributed by atoms with E-state index in [1.54, 1.807) is 7.11 Å². The highest BCUT2D eigenvalue weighted by Crippen LogP contribution is 2.30. The van der Waals surface area contributed by atoms with Crippen LogP contribution in [0.2, 0.25) is 5.02 Å². The summed E-state index contributed by atoms with van der Waals surface area (Å²) >= 11 is 6.01. The molecule has 1 atom stereocenters. The zero-order valence-corrected chi connectivity index (χ0v) is 23.1. The number of rotatable bonds is 14. The molecule has 0 fully saturated rings. The molecule has 0 amide bonds. The van der Waals surface area contributed by atoms with Gasteiger partial charge in [0, 0.05) is 41.9 Å². The van der Waals surface area contributed by atoms with Gasteiger partial charge in [0.15, 0.2) is 0 Å². The number of carboxylic acid groups (broad SMARTS) is 1. The second kappa shape index (κ2) is 14.4. The molecule has 0 heterocycles. The third kappa shape index (κ3) is 8.48. The van der Waals surface area contributed by atoms with Crippen LogP contribution in [0, 0.1) is 0 Å². The van der Waals surface area contributed by atoms with Crippen molar-refractivity contribution in [2.45, 2.75) is 32.2 Å².